The van der Waals surface area contributed by atoms with Crippen LogP contribution in [-0.2, 0) is 20.2 Å². The highest BCUT2D eigenvalue weighted by Crippen LogP contribution is 2.58. The summed E-state index contributed by atoms with van der Waals surface area (Å²) in [5, 5.41) is 9.53. The van der Waals surface area contributed by atoms with E-state index in [1.165, 1.54) is 0 Å². The van der Waals surface area contributed by atoms with Gasteiger partial charge >= 0.3 is 0 Å². The van der Waals surface area contributed by atoms with Crippen LogP contribution in [0.3, 0.4) is 0 Å². The zero-order valence-corrected chi connectivity index (χ0v) is 17.3. The normalized spacial score (nSPS) is 35.3. The van der Waals surface area contributed by atoms with Crippen LogP contribution < -0.4 is 10.5 Å². The Morgan fingerprint density at radius 1 is 1.15 bits per heavy atom. The molecule has 5 rings (SSSR count). The summed E-state index contributed by atoms with van der Waals surface area (Å²) in [5.74, 6) is 0.782. The molecule has 0 heterocycles. The fourth-order valence-electron chi connectivity index (χ4n) is 5.86. The van der Waals surface area contributed by atoms with Gasteiger partial charge < -0.3 is 5.32 Å². The topological polar surface area (TPSA) is 89.3 Å². The first-order valence-corrected chi connectivity index (χ1v) is 11.5. The first kappa shape index (κ1) is 19.2. The van der Waals surface area contributed by atoms with Crippen molar-refractivity contribution in [1.82, 2.24) is 5.32 Å². The summed E-state index contributed by atoms with van der Waals surface area (Å²) in [7, 11) is -3.57. The Labute approximate surface area is 166 Å². The van der Waals surface area contributed by atoms with Crippen molar-refractivity contribution in [2.24, 2.45) is 22.9 Å². The molecule has 2 unspecified atom stereocenters. The van der Waals surface area contributed by atoms with E-state index in [9.17, 15) is 13.2 Å². The highest BCUT2D eigenvalue weighted by Gasteiger charge is 2.60. The Bertz CT molecular complexity index is 850. The Morgan fingerprint density at radius 2 is 1.70 bits per heavy atom. The van der Waals surface area contributed by atoms with Crippen LogP contribution in [-0.4, -0.2) is 25.1 Å². The second-order valence-corrected chi connectivity index (χ2v) is 11.7. The average molecular weight is 411 g/mol. The number of halogens is 1. The Morgan fingerprint density at radius 3 is 2.22 bits per heavy atom. The lowest BCUT2D eigenvalue weighted by Crippen LogP contribution is -2.65. The first-order valence-electron chi connectivity index (χ1n) is 9.61. The summed E-state index contributed by atoms with van der Waals surface area (Å²) in [5.41, 5.74) is 0.228. The van der Waals surface area contributed by atoms with Gasteiger partial charge in [-0.05, 0) is 81.4 Å². The number of nitrogens with one attached hydrogen (secondary N) is 1. The zero-order chi connectivity index (χ0) is 19.6. The average Bonchev–Trinajstić information content (AvgIpc) is 2.56. The van der Waals surface area contributed by atoms with Gasteiger partial charge in [0.2, 0.25) is 15.9 Å². The molecule has 0 aromatic heterocycles. The fraction of sp³-hybridized carbons (Fsp3) is 0.650. The molecule has 3 N–H and O–H groups in total. The Balaban J connectivity index is 1.54. The summed E-state index contributed by atoms with van der Waals surface area (Å²) < 4.78 is 23.8. The van der Waals surface area contributed by atoms with Crippen molar-refractivity contribution >= 4 is 27.5 Å². The number of carbonyl (C=O) groups excluding carboxylic acids is 1. The maximum Gasteiger partial charge on any atom is 0.230 e. The number of hydrogen-bond donors (Lipinski definition) is 2. The molecule has 2 atom stereocenters. The molecule has 4 fully saturated rings. The third-order valence-electron chi connectivity index (χ3n) is 7.25. The molecule has 4 aliphatic carbocycles. The molecule has 27 heavy (non-hydrogen) atoms. The van der Waals surface area contributed by atoms with Crippen molar-refractivity contribution in [3.63, 3.8) is 0 Å². The van der Waals surface area contributed by atoms with Crippen molar-refractivity contribution in [3.8, 4) is 0 Å². The predicted octanol–water partition coefficient (Wildman–Crippen LogP) is 2.97. The van der Waals surface area contributed by atoms with E-state index >= 15 is 0 Å². The summed E-state index contributed by atoms with van der Waals surface area (Å²) >= 11 is 5.97. The number of sulfonamides is 1. The van der Waals surface area contributed by atoms with E-state index in [1.807, 2.05) is 26.0 Å². The van der Waals surface area contributed by atoms with Crippen LogP contribution in [0.2, 0.25) is 5.02 Å². The number of hydrogen-bond acceptors (Lipinski definition) is 3. The summed E-state index contributed by atoms with van der Waals surface area (Å²) in [4.78, 5) is 13.1. The van der Waals surface area contributed by atoms with Gasteiger partial charge in [0, 0.05) is 11.1 Å². The Kier molecular flexibility index (Phi) is 4.41. The van der Waals surface area contributed by atoms with Crippen LogP contribution in [0.25, 0.3) is 0 Å². The van der Waals surface area contributed by atoms with Gasteiger partial charge in [-0.1, -0.05) is 23.7 Å². The second-order valence-electron chi connectivity index (χ2n) is 9.33. The summed E-state index contributed by atoms with van der Waals surface area (Å²) in [6.07, 6.45) is 3.81. The molecule has 148 valence electrons. The molecule has 0 spiro atoms. The van der Waals surface area contributed by atoms with E-state index in [4.69, 9.17) is 16.7 Å². The number of amides is 1. The second kappa shape index (κ2) is 6.19. The number of primary sulfonamides is 1. The SMILES string of the molecule is CC(C)(C(=O)NC1C2CC3CC1CC(S(N)(=O)=O)(C3)C2)c1ccc(Cl)cc1. The monoisotopic (exact) mass is 410 g/mol. The van der Waals surface area contributed by atoms with Gasteiger partial charge in [-0.25, -0.2) is 13.6 Å². The lowest BCUT2D eigenvalue weighted by atomic mass is 9.53. The number of benzene rings is 1. The van der Waals surface area contributed by atoms with Crippen molar-refractivity contribution in [2.45, 2.75) is 62.2 Å². The molecule has 1 aromatic rings. The van der Waals surface area contributed by atoms with Gasteiger partial charge in [0.05, 0.1) is 10.2 Å². The van der Waals surface area contributed by atoms with Crippen molar-refractivity contribution in [3.05, 3.63) is 34.9 Å². The minimum atomic E-state index is -3.57. The van der Waals surface area contributed by atoms with Gasteiger partial charge in [0.1, 0.15) is 0 Å². The lowest BCUT2D eigenvalue weighted by Gasteiger charge is -2.59. The lowest BCUT2D eigenvalue weighted by molar-refractivity contribution is -0.129. The number of nitrogens with two attached hydrogens (primary N) is 1. The molecule has 4 bridgehead atoms. The summed E-state index contributed by atoms with van der Waals surface area (Å²) in [6, 6.07) is 7.40. The van der Waals surface area contributed by atoms with E-state index in [0.717, 1.165) is 18.4 Å². The van der Waals surface area contributed by atoms with E-state index in [-0.39, 0.29) is 23.8 Å². The van der Waals surface area contributed by atoms with Crippen molar-refractivity contribution < 1.29 is 13.2 Å². The van der Waals surface area contributed by atoms with Gasteiger partial charge in [0.15, 0.2) is 0 Å². The van der Waals surface area contributed by atoms with Gasteiger partial charge in [0.25, 0.3) is 0 Å². The highest BCUT2D eigenvalue weighted by molar-refractivity contribution is 7.90. The quantitative estimate of drug-likeness (QED) is 0.799. The molecule has 4 saturated carbocycles. The van der Waals surface area contributed by atoms with E-state index in [1.54, 1.807) is 12.1 Å². The molecule has 1 aromatic carbocycles. The third kappa shape index (κ3) is 3.10. The minimum Gasteiger partial charge on any atom is -0.352 e. The number of rotatable bonds is 4. The largest absolute Gasteiger partial charge is 0.352 e. The van der Waals surface area contributed by atoms with Crippen LogP contribution in [0.4, 0.5) is 0 Å². The predicted molar refractivity (Wildman–Crippen MR) is 106 cm³/mol. The first-order chi connectivity index (χ1) is 12.5. The summed E-state index contributed by atoms with van der Waals surface area (Å²) in [6.45, 7) is 3.82. The maximum absolute atomic E-state index is 13.1. The molecule has 4 aliphatic rings. The molecule has 5 nitrogen and oxygen atoms in total. The molecule has 0 aliphatic heterocycles. The zero-order valence-electron chi connectivity index (χ0n) is 15.7. The van der Waals surface area contributed by atoms with E-state index in [2.05, 4.69) is 5.32 Å². The number of carbonyl (C=O) groups is 1. The highest BCUT2D eigenvalue weighted by atomic mass is 35.5. The standard InChI is InChI=1S/C20H27ClN2O3S/c1-19(2,15-3-5-16(21)6-4-15)18(24)23-17-13-7-12-8-14(17)11-20(9-12,10-13)27(22,25)26/h3-6,12-14,17H,7-11H2,1-2H3,(H,23,24)(H2,22,25,26). The van der Waals surface area contributed by atoms with Crippen LogP contribution in [0.15, 0.2) is 24.3 Å². The van der Waals surface area contributed by atoms with Crippen LogP contribution >= 0.6 is 11.6 Å². The maximum atomic E-state index is 13.1. The molecule has 1 amide bonds. The van der Waals surface area contributed by atoms with Gasteiger partial charge in [-0.2, -0.15) is 0 Å². The van der Waals surface area contributed by atoms with Gasteiger partial charge in [-0.3, -0.25) is 4.79 Å². The molecular weight excluding hydrogens is 384 g/mol. The van der Waals surface area contributed by atoms with Crippen LogP contribution in [0, 0.1) is 17.8 Å². The third-order valence-corrected chi connectivity index (χ3v) is 9.21. The molecular formula is C20H27ClN2O3S. The van der Waals surface area contributed by atoms with E-state index in [0.29, 0.717) is 30.2 Å². The molecule has 7 heteroatoms. The van der Waals surface area contributed by atoms with Crippen molar-refractivity contribution in [1.29, 1.82) is 0 Å². The minimum absolute atomic E-state index is 0.0213. The smallest absolute Gasteiger partial charge is 0.230 e. The van der Waals surface area contributed by atoms with Crippen LogP contribution in [0.1, 0.15) is 51.5 Å². The fourth-order valence-corrected chi connectivity index (χ4v) is 7.35. The van der Waals surface area contributed by atoms with E-state index < -0.39 is 20.2 Å². The van der Waals surface area contributed by atoms with Crippen molar-refractivity contribution in [2.75, 3.05) is 0 Å². The molecule has 0 radical (unpaired) electrons. The van der Waals surface area contributed by atoms with Gasteiger partial charge in [-0.15, -0.1) is 0 Å². The molecule has 0 saturated heterocycles. The Hall–Kier alpha value is -1.11. The van der Waals surface area contributed by atoms with Crippen LogP contribution in [0.5, 0.6) is 0 Å².